The van der Waals surface area contributed by atoms with E-state index in [0.717, 1.165) is 4.70 Å². The Hall–Kier alpha value is -4.05. The van der Waals surface area contributed by atoms with E-state index in [1.54, 1.807) is 42.7 Å². The maximum absolute atomic E-state index is 13.2. The SMILES string of the molecule is COc1cccc2sc(N(CCCn3ccnc3)C(=O)/C=C/c3cccc([N+](=O)[O-])c3)nc12. The molecule has 33 heavy (non-hydrogen) atoms. The molecule has 0 spiro atoms. The second kappa shape index (κ2) is 10.0. The van der Waals surface area contributed by atoms with Crippen molar-refractivity contribution in [3.63, 3.8) is 0 Å². The van der Waals surface area contributed by atoms with Gasteiger partial charge in [0.25, 0.3) is 11.6 Å². The summed E-state index contributed by atoms with van der Waals surface area (Å²) in [6, 6.07) is 11.8. The summed E-state index contributed by atoms with van der Waals surface area (Å²) >= 11 is 1.41. The number of hydrogen-bond acceptors (Lipinski definition) is 7. The Bertz CT molecular complexity index is 1300. The van der Waals surface area contributed by atoms with E-state index in [-0.39, 0.29) is 11.6 Å². The van der Waals surface area contributed by atoms with E-state index in [1.807, 2.05) is 29.0 Å². The van der Waals surface area contributed by atoms with Gasteiger partial charge in [-0.05, 0) is 30.2 Å². The molecule has 0 aliphatic heterocycles. The average Bonchev–Trinajstić information content (AvgIpc) is 3.50. The molecule has 4 rings (SSSR count). The van der Waals surface area contributed by atoms with Gasteiger partial charge in [0.1, 0.15) is 11.3 Å². The molecule has 4 aromatic rings. The second-order valence-corrected chi connectivity index (χ2v) is 8.14. The molecule has 2 aromatic heterocycles. The lowest BCUT2D eigenvalue weighted by atomic mass is 10.2. The van der Waals surface area contributed by atoms with Crippen LogP contribution in [-0.2, 0) is 11.3 Å². The van der Waals surface area contributed by atoms with Crippen molar-refractivity contribution >= 4 is 44.4 Å². The molecule has 10 heteroatoms. The lowest BCUT2D eigenvalue weighted by Gasteiger charge is -2.18. The Labute approximate surface area is 193 Å². The molecule has 0 saturated heterocycles. The summed E-state index contributed by atoms with van der Waals surface area (Å²) in [7, 11) is 1.59. The fraction of sp³-hybridized carbons (Fsp3) is 0.174. The molecule has 2 heterocycles. The molecular formula is C23H21N5O4S. The quantitative estimate of drug-likeness (QED) is 0.205. The van der Waals surface area contributed by atoms with Gasteiger partial charge in [-0.15, -0.1) is 0 Å². The number of rotatable bonds is 9. The summed E-state index contributed by atoms with van der Waals surface area (Å²) in [4.78, 5) is 34.1. The number of ether oxygens (including phenoxy) is 1. The number of anilines is 1. The van der Waals surface area contributed by atoms with Crippen molar-refractivity contribution in [2.24, 2.45) is 0 Å². The third-order valence-electron chi connectivity index (χ3n) is 4.94. The Morgan fingerprint density at radius 2 is 2.15 bits per heavy atom. The summed E-state index contributed by atoms with van der Waals surface area (Å²) in [5, 5.41) is 11.6. The van der Waals surface area contributed by atoms with Gasteiger partial charge in [-0.2, -0.15) is 0 Å². The summed E-state index contributed by atoms with van der Waals surface area (Å²) in [5.74, 6) is 0.387. The molecule has 2 aromatic carbocycles. The maximum Gasteiger partial charge on any atom is 0.270 e. The molecule has 168 valence electrons. The first-order valence-corrected chi connectivity index (χ1v) is 11.0. The van der Waals surface area contributed by atoms with Gasteiger partial charge in [0, 0.05) is 43.7 Å². The molecule has 1 amide bonds. The summed E-state index contributed by atoms with van der Waals surface area (Å²) in [6.07, 6.45) is 9.00. The van der Waals surface area contributed by atoms with E-state index >= 15 is 0 Å². The molecule has 0 bridgehead atoms. The lowest BCUT2D eigenvalue weighted by Crippen LogP contribution is -2.30. The number of nitrogens with zero attached hydrogens (tertiary/aromatic N) is 5. The Morgan fingerprint density at radius 1 is 1.30 bits per heavy atom. The number of nitro benzene ring substituents is 1. The molecule has 0 atom stereocenters. The van der Waals surface area contributed by atoms with Crippen LogP contribution in [0, 0.1) is 10.1 Å². The van der Waals surface area contributed by atoms with Crippen molar-refractivity contribution in [2.45, 2.75) is 13.0 Å². The Kier molecular flexibility index (Phi) is 6.75. The van der Waals surface area contributed by atoms with Crippen molar-refractivity contribution in [3.8, 4) is 5.75 Å². The fourth-order valence-corrected chi connectivity index (χ4v) is 4.34. The third kappa shape index (κ3) is 5.24. The zero-order chi connectivity index (χ0) is 23.2. The van der Waals surface area contributed by atoms with E-state index in [1.165, 1.54) is 29.5 Å². The highest BCUT2D eigenvalue weighted by Crippen LogP contribution is 2.34. The van der Waals surface area contributed by atoms with Crippen LogP contribution in [0.15, 0.2) is 67.3 Å². The van der Waals surface area contributed by atoms with E-state index < -0.39 is 4.92 Å². The first-order valence-electron chi connectivity index (χ1n) is 10.2. The summed E-state index contributed by atoms with van der Waals surface area (Å²) in [5.41, 5.74) is 1.25. The van der Waals surface area contributed by atoms with Crippen LogP contribution < -0.4 is 9.64 Å². The average molecular weight is 464 g/mol. The predicted molar refractivity (Wildman–Crippen MR) is 127 cm³/mol. The normalized spacial score (nSPS) is 11.2. The number of aromatic nitrogens is 3. The van der Waals surface area contributed by atoms with Gasteiger partial charge in [-0.25, -0.2) is 9.97 Å². The number of para-hydroxylation sites is 1. The number of aryl methyl sites for hydroxylation is 1. The number of carbonyl (C=O) groups excluding carboxylic acids is 1. The predicted octanol–water partition coefficient (Wildman–Crippen LogP) is 4.55. The van der Waals surface area contributed by atoms with E-state index in [9.17, 15) is 14.9 Å². The van der Waals surface area contributed by atoms with Crippen molar-refractivity contribution in [2.75, 3.05) is 18.6 Å². The molecule has 0 fully saturated rings. The zero-order valence-corrected chi connectivity index (χ0v) is 18.6. The standard InChI is InChI=1S/C23H21N5O4S/c1-32-19-7-3-8-20-22(19)25-23(33-20)27(13-4-12-26-14-11-24-16-26)21(29)10-9-17-5-2-6-18(15-17)28(30)31/h2-3,5-11,14-16H,4,12-13H2,1H3/b10-9+. The second-order valence-electron chi connectivity index (χ2n) is 7.13. The van der Waals surface area contributed by atoms with Gasteiger partial charge in [-0.1, -0.05) is 29.5 Å². The highest BCUT2D eigenvalue weighted by molar-refractivity contribution is 7.22. The Balaban J connectivity index is 1.59. The summed E-state index contributed by atoms with van der Waals surface area (Å²) in [6.45, 7) is 1.14. The minimum absolute atomic E-state index is 0.0277. The van der Waals surface area contributed by atoms with Gasteiger partial charge in [-0.3, -0.25) is 19.8 Å². The molecule has 0 saturated carbocycles. The molecule has 0 aliphatic rings. The van der Waals surface area contributed by atoms with Crippen LogP contribution in [0.3, 0.4) is 0 Å². The van der Waals surface area contributed by atoms with Crippen LogP contribution in [0.4, 0.5) is 10.8 Å². The number of thiazole rings is 1. The monoisotopic (exact) mass is 463 g/mol. The molecule has 9 nitrogen and oxygen atoms in total. The van der Waals surface area contributed by atoms with Crippen LogP contribution in [0.5, 0.6) is 5.75 Å². The topological polar surface area (TPSA) is 103 Å². The largest absolute Gasteiger partial charge is 0.494 e. The number of amides is 1. The number of imidazole rings is 1. The molecule has 0 radical (unpaired) electrons. The number of methoxy groups -OCH3 is 1. The van der Waals surface area contributed by atoms with Crippen LogP contribution in [0.1, 0.15) is 12.0 Å². The van der Waals surface area contributed by atoms with E-state index in [4.69, 9.17) is 4.74 Å². The molecule has 0 N–H and O–H groups in total. The van der Waals surface area contributed by atoms with Gasteiger partial charge in [0.15, 0.2) is 5.13 Å². The van der Waals surface area contributed by atoms with Gasteiger partial charge in [0.2, 0.25) is 0 Å². The van der Waals surface area contributed by atoms with E-state index in [2.05, 4.69) is 9.97 Å². The minimum Gasteiger partial charge on any atom is -0.494 e. The van der Waals surface area contributed by atoms with E-state index in [0.29, 0.717) is 41.5 Å². The third-order valence-corrected chi connectivity index (χ3v) is 5.99. The highest BCUT2D eigenvalue weighted by atomic mass is 32.1. The number of nitro groups is 1. The van der Waals surface area contributed by atoms with Crippen LogP contribution in [0.25, 0.3) is 16.3 Å². The van der Waals surface area contributed by atoms with Crippen molar-refractivity contribution < 1.29 is 14.5 Å². The zero-order valence-electron chi connectivity index (χ0n) is 17.8. The highest BCUT2D eigenvalue weighted by Gasteiger charge is 2.19. The number of hydrogen-bond donors (Lipinski definition) is 0. The maximum atomic E-state index is 13.2. The smallest absolute Gasteiger partial charge is 0.270 e. The molecule has 0 unspecified atom stereocenters. The van der Waals surface area contributed by atoms with Gasteiger partial charge in [0.05, 0.1) is 23.1 Å². The first kappa shape index (κ1) is 22.2. The first-order chi connectivity index (χ1) is 16.0. The van der Waals surface area contributed by atoms with Gasteiger partial charge < -0.3 is 9.30 Å². The van der Waals surface area contributed by atoms with Crippen LogP contribution in [0.2, 0.25) is 0 Å². The van der Waals surface area contributed by atoms with Crippen molar-refractivity contribution in [3.05, 3.63) is 82.9 Å². The number of benzene rings is 2. The van der Waals surface area contributed by atoms with Crippen molar-refractivity contribution in [1.82, 2.24) is 14.5 Å². The minimum atomic E-state index is -0.462. The number of carbonyl (C=O) groups is 1. The van der Waals surface area contributed by atoms with Crippen molar-refractivity contribution in [1.29, 1.82) is 0 Å². The van der Waals surface area contributed by atoms with Crippen LogP contribution >= 0.6 is 11.3 Å². The Morgan fingerprint density at radius 3 is 2.91 bits per heavy atom. The number of fused-ring (bicyclic) bond motifs is 1. The summed E-state index contributed by atoms with van der Waals surface area (Å²) < 4.78 is 8.27. The van der Waals surface area contributed by atoms with Gasteiger partial charge >= 0.3 is 0 Å². The molecule has 0 aliphatic carbocycles. The number of non-ortho nitro benzene ring substituents is 1. The fourth-order valence-electron chi connectivity index (χ4n) is 3.32. The molecular weight excluding hydrogens is 442 g/mol. The van der Waals surface area contributed by atoms with Crippen LogP contribution in [-0.4, -0.2) is 39.0 Å². The lowest BCUT2D eigenvalue weighted by molar-refractivity contribution is -0.384.